The number of hydrogen-bond acceptors (Lipinski definition) is 1. The Bertz CT molecular complexity index is 301. The van der Waals surface area contributed by atoms with E-state index in [9.17, 15) is 0 Å². The molecule has 0 amide bonds. The molecule has 0 bridgehead atoms. The van der Waals surface area contributed by atoms with Crippen LogP contribution in [0, 0.1) is 11.8 Å². The van der Waals surface area contributed by atoms with Crippen LogP contribution in [0.1, 0.15) is 110 Å². The molecule has 0 radical (unpaired) electrons. The standard InChI is InChI=1S/C22H41N/c1-3-18(2)19-14-16-22(17-15-19)23(20-10-6-4-7-11-20)21-12-8-5-9-13-21/h18-22H,3-17H2,1-2H3. The van der Waals surface area contributed by atoms with Gasteiger partial charge in [0.1, 0.15) is 0 Å². The molecular weight excluding hydrogens is 278 g/mol. The second kappa shape index (κ2) is 8.88. The lowest BCUT2D eigenvalue weighted by Crippen LogP contribution is -2.52. The lowest BCUT2D eigenvalue weighted by Gasteiger charge is -2.48. The first-order chi connectivity index (χ1) is 11.3. The van der Waals surface area contributed by atoms with Gasteiger partial charge in [0, 0.05) is 18.1 Å². The lowest BCUT2D eigenvalue weighted by atomic mass is 9.76. The molecule has 0 aromatic heterocycles. The van der Waals surface area contributed by atoms with Crippen LogP contribution < -0.4 is 0 Å². The van der Waals surface area contributed by atoms with Crippen molar-refractivity contribution in [2.45, 2.75) is 128 Å². The predicted octanol–water partition coefficient (Wildman–Crippen LogP) is 6.56. The second-order valence-electron chi connectivity index (χ2n) is 8.99. The molecule has 0 spiro atoms. The van der Waals surface area contributed by atoms with Gasteiger partial charge in [-0.2, -0.15) is 0 Å². The first-order valence-electron chi connectivity index (χ1n) is 11.1. The van der Waals surface area contributed by atoms with E-state index >= 15 is 0 Å². The number of hydrogen-bond donors (Lipinski definition) is 0. The van der Waals surface area contributed by atoms with E-state index in [2.05, 4.69) is 18.7 Å². The van der Waals surface area contributed by atoms with Gasteiger partial charge in [-0.05, 0) is 63.2 Å². The molecule has 23 heavy (non-hydrogen) atoms. The van der Waals surface area contributed by atoms with Crippen LogP contribution in [-0.2, 0) is 0 Å². The van der Waals surface area contributed by atoms with Crippen molar-refractivity contribution in [3.8, 4) is 0 Å². The van der Waals surface area contributed by atoms with Gasteiger partial charge >= 0.3 is 0 Å². The average molecular weight is 320 g/mol. The van der Waals surface area contributed by atoms with Crippen molar-refractivity contribution >= 4 is 0 Å². The Labute approximate surface area is 145 Å². The van der Waals surface area contributed by atoms with Gasteiger partial charge in [0.25, 0.3) is 0 Å². The summed E-state index contributed by atoms with van der Waals surface area (Å²) in [5.74, 6) is 1.98. The first-order valence-corrected chi connectivity index (χ1v) is 11.1. The maximum Gasteiger partial charge on any atom is 0.0101 e. The highest BCUT2D eigenvalue weighted by Gasteiger charge is 2.36. The van der Waals surface area contributed by atoms with Crippen LogP contribution in [0.3, 0.4) is 0 Å². The van der Waals surface area contributed by atoms with Gasteiger partial charge < -0.3 is 0 Å². The van der Waals surface area contributed by atoms with Gasteiger partial charge in [0.05, 0.1) is 0 Å². The summed E-state index contributed by atoms with van der Waals surface area (Å²) in [6.45, 7) is 4.87. The third kappa shape index (κ3) is 4.53. The van der Waals surface area contributed by atoms with E-state index in [4.69, 9.17) is 0 Å². The van der Waals surface area contributed by atoms with Crippen LogP contribution in [-0.4, -0.2) is 23.0 Å². The maximum absolute atomic E-state index is 3.12. The van der Waals surface area contributed by atoms with E-state index in [1.165, 1.54) is 96.3 Å². The molecule has 3 aliphatic rings. The highest BCUT2D eigenvalue weighted by atomic mass is 15.2. The Kier molecular flexibility index (Phi) is 6.86. The average Bonchev–Trinajstić information content (AvgIpc) is 2.64. The van der Waals surface area contributed by atoms with E-state index in [1.54, 1.807) is 0 Å². The molecule has 3 fully saturated rings. The Morgan fingerprint density at radius 1 is 0.652 bits per heavy atom. The highest BCUT2D eigenvalue weighted by molar-refractivity contribution is 4.91. The first kappa shape index (κ1) is 17.8. The Morgan fingerprint density at radius 3 is 1.52 bits per heavy atom. The van der Waals surface area contributed by atoms with Gasteiger partial charge in [0.15, 0.2) is 0 Å². The number of nitrogens with zero attached hydrogens (tertiary/aromatic N) is 1. The van der Waals surface area contributed by atoms with Crippen molar-refractivity contribution in [1.82, 2.24) is 4.90 Å². The summed E-state index contributed by atoms with van der Waals surface area (Å²) >= 11 is 0. The number of rotatable bonds is 5. The monoisotopic (exact) mass is 319 g/mol. The predicted molar refractivity (Wildman–Crippen MR) is 101 cm³/mol. The van der Waals surface area contributed by atoms with Gasteiger partial charge in [-0.1, -0.05) is 58.8 Å². The molecule has 3 saturated carbocycles. The minimum absolute atomic E-state index is 0.932. The van der Waals surface area contributed by atoms with Crippen molar-refractivity contribution < 1.29 is 0 Å². The van der Waals surface area contributed by atoms with E-state index in [0.29, 0.717) is 0 Å². The van der Waals surface area contributed by atoms with Crippen molar-refractivity contribution in [3.63, 3.8) is 0 Å². The molecular formula is C22H41N. The van der Waals surface area contributed by atoms with Gasteiger partial charge in [-0.3, -0.25) is 4.90 Å². The molecule has 0 aliphatic heterocycles. The smallest absolute Gasteiger partial charge is 0.0101 e. The van der Waals surface area contributed by atoms with Gasteiger partial charge in [0.2, 0.25) is 0 Å². The van der Waals surface area contributed by atoms with E-state index in [-0.39, 0.29) is 0 Å². The molecule has 134 valence electrons. The molecule has 3 aliphatic carbocycles. The molecule has 3 rings (SSSR count). The van der Waals surface area contributed by atoms with Crippen LogP contribution >= 0.6 is 0 Å². The Morgan fingerprint density at radius 2 is 1.09 bits per heavy atom. The molecule has 0 aromatic rings. The molecule has 1 unspecified atom stereocenters. The summed E-state index contributed by atoms with van der Waals surface area (Å²) < 4.78 is 0. The van der Waals surface area contributed by atoms with Crippen LogP contribution in [0.15, 0.2) is 0 Å². The summed E-state index contributed by atoms with van der Waals surface area (Å²) in [5.41, 5.74) is 0. The molecule has 1 heteroatoms. The highest BCUT2D eigenvalue weighted by Crippen LogP contribution is 2.39. The second-order valence-corrected chi connectivity index (χ2v) is 8.99. The molecule has 1 atom stereocenters. The van der Waals surface area contributed by atoms with Gasteiger partial charge in [-0.25, -0.2) is 0 Å². The molecule has 1 nitrogen and oxygen atoms in total. The maximum atomic E-state index is 3.12. The van der Waals surface area contributed by atoms with Crippen LogP contribution in [0.4, 0.5) is 0 Å². The summed E-state index contributed by atoms with van der Waals surface area (Å²) in [6.07, 6.45) is 22.4. The Hall–Kier alpha value is -0.0400. The topological polar surface area (TPSA) is 3.24 Å². The van der Waals surface area contributed by atoms with Crippen LogP contribution in [0.5, 0.6) is 0 Å². The fourth-order valence-corrected chi connectivity index (χ4v) is 5.95. The Balaban J connectivity index is 1.63. The summed E-state index contributed by atoms with van der Waals surface area (Å²) in [6, 6.07) is 2.82. The molecule has 0 saturated heterocycles. The third-order valence-corrected chi connectivity index (χ3v) is 7.60. The normalized spacial score (nSPS) is 33.0. The summed E-state index contributed by atoms with van der Waals surface area (Å²) in [7, 11) is 0. The van der Waals surface area contributed by atoms with Crippen molar-refractivity contribution in [3.05, 3.63) is 0 Å². The third-order valence-electron chi connectivity index (χ3n) is 7.60. The zero-order chi connectivity index (χ0) is 16.1. The largest absolute Gasteiger partial charge is 0.294 e. The van der Waals surface area contributed by atoms with Crippen LogP contribution in [0.25, 0.3) is 0 Å². The van der Waals surface area contributed by atoms with Crippen LogP contribution in [0.2, 0.25) is 0 Å². The van der Waals surface area contributed by atoms with Crippen molar-refractivity contribution in [1.29, 1.82) is 0 Å². The fourth-order valence-electron chi connectivity index (χ4n) is 5.95. The summed E-state index contributed by atoms with van der Waals surface area (Å²) in [5, 5.41) is 0. The molecule has 0 aromatic carbocycles. The van der Waals surface area contributed by atoms with Crippen molar-refractivity contribution in [2.24, 2.45) is 11.8 Å². The SMILES string of the molecule is CCC(C)C1CCC(N(C2CCCCC2)C2CCCCC2)CC1. The van der Waals surface area contributed by atoms with Crippen molar-refractivity contribution in [2.75, 3.05) is 0 Å². The zero-order valence-corrected chi connectivity index (χ0v) is 15.9. The van der Waals surface area contributed by atoms with E-state index in [1.807, 2.05) is 0 Å². The minimum Gasteiger partial charge on any atom is -0.294 e. The van der Waals surface area contributed by atoms with E-state index in [0.717, 1.165) is 30.0 Å². The van der Waals surface area contributed by atoms with Gasteiger partial charge in [-0.15, -0.1) is 0 Å². The van der Waals surface area contributed by atoms with E-state index < -0.39 is 0 Å². The fraction of sp³-hybridized carbons (Fsp3) is 1.00. The molecule has 0 N–H and O–H groups in total. The minimum atomic E-state index is 0.932. The lowest BCUT2D eigenvalue weighted by molar-refractivity contribution is 0.0114. The quantitative estimate of drug-likeness (QED) is 0.554. The molecule has 0 heterocycles. The zero-order valence-electron chi connectivity index (χ0n) is 15.9. The summed E-state index contributed by atoms with van der Waals surface area (Å²) in [4.78, 5) is 3.12.